The first-order valence-corrected chi connectivity index (χ1v) is 10.5. The van der Waals surface area contributed by atoms with Crippen LogP contribution in [0.4, 0.5) is 0 Å². The first-order chi connectivity index (χ1) is 11.3. The minimum atomic E-state index is -0.364. The van der Waals surface area contributed by atoms with Gasteiger partial charge >= 0.3 is 5.97 Å². The third-order valence-corrected chi connectivity index (χ3v) is 7.90. The van der Waals surface area contributed by atoms with Crippen LogP contribution >= 0.6 is 0 Å². The van der Waals surface area contributed by atoms with Crippen molar-refractivity contribution in [2.24, 2.45) is 28.6 Å². The summed E-state index contributed by atoms with van der Waals surface area (Å²) in [5.41, 5.74) is -0.135. The van der Waals surface area contributed by atoms with Gasteiger partial charge in [0.2, 0.25) is 0 Å². The topological polar surface area (TPSA) is 26.3 Å². The van der Waals surface area contributed by atoms with Gasteiger partial charge in [-0.25, -0.2) is 0 Å². The number of hydrogen-bond acceptors (Lipinski definition) is 2. The molecule has 0 spiro atoms. The lowest BCUT2D eigenvalue weighted by Crippen LogP contribution is -2.51. The molecule has 0 aromatic rings. The molecular formula is C22H38O2. The molecule has 4 rings (SSSR count). The van der Waals surface area contributed by atoms with Crippen LogP contribution in [0, 0.1) is 28.6 Å². The fourth-order valence-electron chi connectivity index (χ4n) is 6.35. The largest absolute Gasteiger partial charge is 0.459 e. The average Bonchev–Trinajstić information content (AvgIpc) is 2.52. The van der Waals surface area contributed by atoms with Gasteiger partial charge in [0.25, 0.3) is 0 Å². The van der Waals surface area contributed by atoms with Gasteiger partial charge in [0.1, 0.15) is 5.60 Å². The van der Waals surface area contributed by atoms with Crippen LogP contribution in [-0.4, -0.2) is 11.6 Å². The Bertz CT molecular complexity index is 437. The van der Waals surface area contributed by atoms with Gasteiger partial charge in [0.05, 0.1) is 5.41 Å². The molecule has 4 aliphatic carbocycles. The number of carbonyl (C=O) groups excluding carboxylic acids is 1. The van der Waals surface area contributed by atoms with Crippen molar-refractivity contribution in [2.75, 3.05) is 0 Å². The number of hydrogen-bond donors (Lipinski definition) is 0. The van der Waals surface area contributed by atoms with Crippen molar-refractivity contribution in [1.29, 1.82) is 0 Å². The van der Waals surface area contributed by atoms with Gasteiger partial charge in [-0.15, -0.1) is 0 Å². The zero-order valence-electron chi connectivity index (χ0n) is 16.6. The summed E-state index contributed by atoms with van der Waals surface area (Å²) in [6, 6.07) is 0. The second-order valence-corrected chi connectivity index (χ2v) is 10.1. The van der Waals surface area contributed by atoms with Gasteiger partial charge in [0.15, 0.2) is 0 Å². The van der Waals surface area contributed by atoms with Crippen molar-refractivity contribution in [1.82, 2.24) is 0 Å². The molecule has 0 unspecified atom stereocenters. The molecule has 2 heteroatoms. The lowest BCUT2D eigenvalue weighted by atomic mass is 9.47. The van der Waals surface area contributed by atoms with E-state index in [1.165, 1.54) is 38.5 Å². The molecule has 4 bridgehead atoms. The molecule has 0 N–H and O–H groups in total. The highest BCUT2D eigenvalue weighted by molar-refractivity contribution is 5.76. The van der Waals surface area contributed by atoms with Gasteiger partial charge < -0.3 is 4.74 Å². The van der Waals surface area contributed by atoms with E-state index in [-0.39, 0.29) is 17.0 Å². The average molecular weight is 335 g/mol. The number of rotatable bonds is 7. The molecule has 0 aromatic heterocycles. The van der Waals surface area contributed by atoms with E-state index >= 15 is 0 Å². The summed E-state index contributed by atoms with van der Waals surface area (Å²) in [4.78, 5) is 12.8. The van der Waals surface area contributed by atoms with Crippen molar-refractivity contribution < 1.29 is 9.53 Å². The lowest BCUT2D eigenvalue weighted by molar-refractivity contribution is -0.181. The molecule has 4 saturated carbocycles. The molecule has 0 amide bonds. The maximum Gasteiger partial charge on any atom is 0.312 e. The summed E-state index contributed by atoms with van der Waals surface area (Å²) in [6.07, 6.45) is 12.5. The molecule has 4 fully saturated rings. The third kappa shape index (κ3) is 3.27. The van der Waals surface area contributed by atoms with Crippen LogP contribution in [-0.2, 0) is 9.53 Å². The molecule has 24 heavy (non-hydrogen) atoms. The zero-order valence-corrected chi connectivity index (χ0v) is 16.6. The number of ether oxygens (including phenoxy) is 1. The molecule has 0 aromatic carbocycles. The Balaban J connectivity index is 1.77. The van der Waals surface area contributed by atoms with Gasteiger partial charge in [-0.05, 0) is 101 Å². The van der Waals surface area contributed by atoms with Gasteiger partial charge in [-0.2, -0.15) is 0 Å². The molecule has 0 radical (unpaired) electrons. The van der Waals surface area contributed by atoms with E-state index in [2.05, 4.69) is 20.8 Å². The molecule has 2 nitrogen and oxygen atoms in total. The summed E-state index contributed by atoms with van der Waals surface area (Å²) in [7, 11) is 0. The summed E-state index contributed by atoms with van der Waals surface area (Å²) in [5, 5.41) is 0. The Hall–Kier alpha value is -0.530. The first kappa shape index (κ1) is 18.3. The van der Waals surface area contributed by atoms with Crippen LogP contribution in [0.2, 0.25) is 0 Å². The highest BCUT2D eigenvalue weighted by atomic mass is 16.6. The van der Waals surface area contributed by atoms with Crippen molar-refractivity contribution in [3.63, 3.8) is 0 Å². The molecule has 0 saturated heterocycles. The summed E-state index contributed by atoms with van der Waals surface area (Å²) in [5.74, 6) is 2.90. The molecule has 0 atom stereocenters. The molecule has 4 aliphatic rings. The Kier molecular flexibility index (Phi) is 4.81. The normalized spacial score (nSPS) is 35.3. The van der Waals surface area contributed by atoms with E-state index in [1.54, 1.807) is 0 Å². The van der Waals surface area contributed by atoms with Gasteiger partial charge in [0, 0.05) is 0 Å². The quantitative estimate of drug-likeness (QED) is 0.523. The number of esters is 1. The Morgan fingerprint density at radius 1 is 0.917 bits per heavy atom. The van der Waals surface area contributed by atoms with Crippen molar-refractivity contribution in [3.05, 3.63) is 0 Å². The molecule has 0 aliphatic heterocycles. The van der Waals surface area contributed by atoms with Crippen LogP contribution in [0.5, 0.6) is 0 Å². The summed E-state index contributed by atoms with van der Waals surface area (Å²) in [6.45, 7) is 10.6. The lowest BCUT2D eigenvalue weighted by Gasteiger charge is -2.59. The van der Waals surface area contributed by atoms with E-state index < -0.39 is 0 Å². The Labute approximate surface area is 149 Å². The van der Waals surface area contributed by atoms with Crippen LogP contribution in [0.3, 0.4) is 0 Å². The van der Waals surface area contributed by atoms with E-state index in [4.69, 9.17) is 4.74 Å². The van der Waals surface area contributed by atoms with Crippen LogP contribution in [0.15, 0.2) is 0 Å². The standard InChI is InChI=1S/C22H38O2/c1-6-20(4,5)19(23)24-22(7-2,8-3)15-21-12-16-9-17(13-21)11-18(10-16)14-21/h16-18H,6-15H2,1-5H3. The fourth-order valence-corrected chi connectivity index (χ4v) is 6.35. The monoisotopic (exact) mass is 334 g/mol. The van der Waals surface area contributed by atoms with E-state index in [9.17, 15) is 4.79 Å². The maximum absolute atomic E-state index is 12.8. The number of carbonyl (C=O) groups is 1. The van der Waals surface area contributed by atoms with Crippen molar-refractivity contribution in [2.45, 2.75) is 104 Å². The predicted octanol–water partition coefficient (Wildman–Crippen LogP) is 6.13. The van der Waals surface area contributed by atoms with Crippen molar-refractivity contribution >= 4 is 5.97 Å². The van der Waals surface area contributed by atoms with Crippen LogP contribution < -0.4 is 0 Å². The minimum Gasteiger partial charge on any atom is -0.459 e. The first-order valence-electron chi connectivity index (χ1n) is 10.5. The predicted molar refractivity (Wildman–Crippen MR) is 98.7 cm³/mol. The second-order valence-electron chi connectivity index (χ2n) is 10.1. The fraction of sp³-hybridized carbons (Fsp3) is 0.955. The SMILES string of the molecule is CCC(CC)(CC12CC3CC(CC(C3)C1)C2)OC(=O)C(C)(C)CC. The maximum atomic E-state index is 12.8. The second kappa shape index (κ2) is 6.32. The third-order valence-electron chi connectivity index (χ3n) is 7.90. The van der Waals surface area contributed by atoms with Crippen LogP contribution in [0.25, 0.3) is 0 Å². The molecule has 0 heterocycles. The summed E-state index contributed by atoms with van der Waals surface area (Å²) >= 11 is 0. The Morgan fingerprint density at radius 3 is 1.75 bits per heavy atom. The minimum absolute atomic E-state index is 0.0124. The zero-order chi connectivity index (χ0) is 17.6. The smallest absolute Gasteiger partial charge is 0.312 e. The van der Waals surface area contributed by atoms with Gasteiger partial charge in [-0.1, -0.05) is 20.8 Å². The van der Waals surface area contributed by atoms with E-state index in [1.807, 2.05) is 13.8 Å². The Morgan fingerprint density at radius 2 is 1.38 bits per heavy atom. The van der Waals surface area contributed by atoms with Crippen LogP contribution in [0.1, 0.15) is 98.8 Å². The van der Waals surface area contributed by atoms with E-state index in [0.717, 1.165) is 43.4 Å². The summed E-state index contributed by atoms with van der Waals surface area (Å²) < 4.78 is 6.29. The van der Waals surface area contributed by atoms with Gasteiger partial charge in [-0.3, -0.25) is 4.79 Å². The molecule has 138 valence electrons. The van der Waals surface area contributed by atoms with Crippen molar-refractivity contribution in [3.8, 4) is 0 Å². The highest BCUT2D eigenvalue weighted by Gasteiger charge is 2.54. The van der Waals surface area contributed by atoms with E-state index in [0.29, 0.717) is 5.41 Å². The molecular weight excluding hydrogens is 296 g/mol. The highest BCUT2D eigenvalue weighted by Crippen LogP contribution is 2.63.